The Hall–Kier alpha value is -3.03. The zero-order chi connectivity index (χ0) is 21.8. The van der Waals surface area contributed by atoms with Crippen molar-refractivity contribution in [2.45, 2.75) is 20.4 Å². The lowest BCUT2D eigenvalue weighted by Gasteiger charge is -2.34. The second kappa shape index (κ2) is 9.41. The molecule has 1 fully saturated rings. The third-order valence-corrected chi connectivity index (χ3v) is 5.56. The van der Waals surface area contributed by atoms with Gasteiger partial charge in [-0.1, -0.05) is 35.9 Å². The van der Waals surface area contributed by atoms with Crippen LogP contribution in [0.1, 0.15) is 16.8 Å². The van der Waals surface area contributed by atoms with E-state index in [1.807, 2.05) is 56.3 Å². The van der Waals surface area contributed by atoms with E-state index in [0.717, 1.165) is 37.6 Å². The van der Waals surface area contributed by atoms with E-state index in [0.29, 0.717) is 24.5 Å². The molecule has 0 spiro atoms. The number of amides is 1. The number of hydrogen-bond acceptors (Lipinski definition) is 4. The van der Waals surface area contributed by atoms with E-state index in [4.69, 9.17) is 0 Å². The first-order valence-electron chi connectivity index (χ1n) is 10.6. The zero-order valence-corrected chi connectivity index (χ0v) is 18.0. The lowest BCUT2D eigenvalue weighted by atomic mass is 10.2. The van der Waals surface area contributed by atoms with Crippen molar-refractivity contribution in [1.82, 2.24) is 19.6 Å². The van der Waals surface area contributed by atoms with Crippen LogP contribution in [0.2, 0.25) is 0 Å². The summed E-state index contributed by atoms with van der Waals surface area (Å²) >= 11 is 0. The molecule has 1 aromatic heterocycles. The monoisotopic (exact) mass is 421 g/mol. The second-order valence-corrected chi connectivity index (χ2v) is 8.11. The molecular weight excluding hydrogens is 393 g/mol. The van der Waals surface area contributed by atoms with Gasteiger partial charge in [0.25, 0.3) is 0 Å². The first-order chi connectivity index (χ1) is 15.0. The average Bonchev–Trinajstić information content (AvgIpc) is 3.11. The molecular formula is C24H28FN5O. The summed E-state index contributed by atoms with van der Waals surface area (Å²) in [6.45, 7) is 8.04. The third kappa shape index (κ3) is 5.37. The molecule has 2 aromatic carbocycles. The average molecular weight is 422 g/mol. The summed E-state index contributed by atoms with van der Waals surface area (Å²) in [4.78, 5) is 17.0. The maximum absolute atomic E-state index is 13.9. The van der Waals surface area contributed by atoms with Crippen LogP contribution in [0.15, 0.2) is 54.6 Å². The number of piperazine rings is 1. The van der Waals surface area contributed by atoms with E-state index in [1.165, 1.54) is 11.6 Å². The van der Waals surface area contributed by atoms with Crippen LogP contribution in [0.5, 0.6) is 0 Å². The molecule has 3 aromatic rings. The lowest BCUT2D eigenvalue weighted by molar-refractivity contribution is -0.117. The topological polar surface area (TPSA) is 53.4 Å². The Labute approximate surface area is 182 Å². The van der Waals surface area contributed by atoms with Crippen LogP contribution in [0.25, 0.3) is 5.69 Å². The Morgan fingerprint density at radius 2 is 1.68 bits per heavy atom. The summed E-state index contributed by atoms with van der Waals surface area (Å²) < 4.78 is 15.6. The van der Waals surface area contributed by atoms with Crippen LogP contribution in [-0.2, 0) is 11.3 Å². The van der Waals surface area contributed by atoms with Gasteiger partial charge in [-0.3, -0.25) is 14.6 Å². The van der Waals surface area contributed by atoms with Crippen molar-refractivity contribution >= 4 is 11.7 Å². The Morgan fingerprint density at radius 1 is 1.00 bits per heavy atom. The van der Waals surface area contributed by atoms with Gasteiger partial charge < -0.3 is 5.32 Å². The zero-order valence-electron chi connectivity index (χ0n) is 18.0. The lowest BCUT2D eigenvalue weighted by Crippen LogP contribution is -2.48. The van der Waals surface area contributed by atoms with Gasteiger partial charge in [-0.2, -0.15) is 5.10 Å². The van der Waals surface area contributed by atoms with Gasteiger partial charge in [-0.25, -0.2) is 9.07 Å². The van der Waals surface area contributed by atoms with E-state index in [-0.39, 0.29) is 11.7 Å². The number of carbonyl (C=O) groups is 1. The molecule has 0 saturated carbocycles. The van der Waals surface area contributed by atoms with Gasteiger partial charge in [-0.15, -0.1) is 0 Å². The third-order valence-electron chi connectivity index (χ3n) is 5.56. The van der Waals surface area contributed by atoms with Gasteiger partial charge in [0.15, 0.2) is 0 Å². The van der Waals surface area contributed by atoms with Gasteiger partial charge >= 0.3 is 0 Å². The van der Waals surface area contributed by atoms with Crippen LogP contribution in [0.3, 0.4) is 0 Å². The maximum atomic E-state index is 13.9. The molecule has 0 bridgehead atoms. The fourth-order valence-electron chi connectivity index (χ4n) is 3.83. The molecule has 4 rings (SSSR count). The smallest absolute Gasteiger partial charge is 0.239 e. The van der Waals surface area contributed by atoms with Crippen molar-refractivity contribution in [3.63, 3.8) is 0 Å². The van der Waals surface area contributed by atoms with Crippen LogP contribution in [-0.4, -0.2) is 58.2 Å². The number of anilines is 1. The Balaban J connectivity index is 1.31. The molecule has 1 aliphatic heterocycles. The van der Waals surface area contributed by atoms with E-state index in [1.54, 1.807) is 10.7 Å². The van der Waals surface area contributed by atoms with Gasteiger partial charge in [0, 0.05) is 44.4 Å². The van der Waals surface area contributed by atoms with Crippen LogP contribution >= 0.6 is 0 Å². The summed E-state index contributed by atoms with van der Waals surface area (Å²) in [5.41, 5.74) is 3.65. The molecule has 0 radical (unpaired) electrons. The molecule has 7 heteroatoms. The summed E-state index contributed by atoms with van der Waals surface area (Å²) in [6, 6.07) is 16.8. The Morgan fingerprint density at radius 3 is 2.39 bits per heavy atom. The van der Waals surface area contributed by atoms with Crippen molar-refractivity contribution in [2.24, 2.45) is 0 Å². The molecule has 0 unspecified atom stereocenters. The predicted molar refractivity (Wildman–Crippen MR) is 120 cm³/mol. The first kappa shape index (κ1) is 21.2. The molecule has 31 heavy (non-hydrogen) atoms. The molecule has 1 saturated heterocycles. The fourth-order valence-corrected chi connectivity index (χ4v) is 3.83. The number of carbonyl (C=O) groups excluding carboxylic acids is 1. The number of aromatic nitrogens is 2. The highest BCUT2D eigenvalue weighted by atomic mass is 19.1. The highest BCUT2D eigenvalue weighted by Crippen LogP contribution is 2.18. The number of nitrogens with one attached hydrogen (secondary N) is 1. The fraction of sp³-hybridized carbons (Fsp3) is 0.333. The summed E-state index contributed by atoms with van der Waals surface area (Å²) in [5.74, 6) is 0.449. The van der Waals surface area contributed by atoms with Gasteiger partial charge in [0.05, 0.1) is 17.9 Å². The molecule has 162 valence electrons. The number of nitrogens with zero attached hydrogens (tertiary/aromatic N) is 4. The van der Waals surface area contributed by atoms with Crippen LogP contribution < -0.4 is 5.32 Å². The maximum Gasteiger partial charge on any atom is 0.239 e. The number of benzene rings is 2. The quantitative estimate of drug-likeness (QED) is 0.663. The molecule has 1 N–H and O–H groups in total. The summed E-state index contributed by atoms with van der Waals surface area (Å²) in [6.07, 6.45) is 0. The predicted octanol–water partition coefficient (Wildman–Crippen LogP) is 3.38. The number of aryl methyl sites for hydroxylation is 2. The van der Waals surface area contributed by atoms with E-state index >= 15 is 0 Å². The molecule has 1 aliphatic rings. The number of halogens is 1. The molecule has 1 amide bonds. The highest BCUT2D eigenvalue weighted by Gasteiger charge is 2.20. The Bertz CT molecular complexity index is 1040. The SMILES string of the molecule is Cc1ccc(-n2nc(C)cc2NC(=O)CN2CCN(Cc3ccccc3F)CC2)cc1. The molecule has 0 atom stereocenters. The second-order valence-electron chi connectivity index (χ2n) is 8.11. The molecule has 0 aliphatic carbocycles. The number of hydrogen-bond donors (Lipinski definition) is 1. The van der Waals surface area contributed by atoms with Crippen molar-refractivity contribution in [2.75, 3.05) is 38.0 Å². The van der Waals surface area contributed by atoms with Crippen molar-refractivity contribution in [3.8, 4) is 5.69 Å². The minimum Gasteiger partial charge on any atom is -0.309 e. The molecule has 6 nitrogen and oxygen atoms in total. The first-order valence-corrected chi connectivity index (χ1v) is 10.6. The van der Waals surface area contributed by atoms with Gasteiger partial charge in [-0.05, 0) is 32.0 Å². The van der Waals surface area contributed by atoms with Crippen molar-refractivity contribution < 1.29 is 9.18 Å². The summed E-state index contributed by atoms with van der Waals surface area (Å²) in [5, 5.41) is 7.53. The minimum atomic E-state index is -0.162. The van der Waals surface area contributed by atoms with Crippen molar-refractivity contribution in [3.05, 3.63) is 77.2 Å². The standard InChI is InChI=1S/C24H28FN5O/c1-18-7-9-21(10-8-18)30-23(15-19(2)27-30)26-24(31)17-29-13-11-28(12-14-29)16-20-5-3-4-6-22(20)25/h3-10,15H,11-14,16-17H2,1-2H3,(H,26,31). The van der Waals surface area contributed by atoms with E-state index in [2.05, 4.69) is 20.2 Å². The highest BCUT2D eigenvalue weighted by molar-refractivity contribution is 5.91. The van der Waals surface area contributed by atoms with Crippen molar-refractivity contribution in [1.29, 1.82) is 0 Å². The number of rotatable bonds is 6. The van der Waals surface area contributed by atoms with Gasteiger partial charge in [0.1, 0.15) is 11.6 Å². The Kier molecular flexibility index (Phi) is 6.44. The molecule has 2 heterocycles. The summed E-state index contributed by atoms with van der Waals surface area (Å²) in [7, 11) is 0. The van der Waals surface area contributed by atoms with E-state index in [9.17, 15) is 9.18 Å². The normalized spacial score (nSPS) is 15.2. The van der Waals surface area contributed by atoms with Crippen LogP contribution in [0, 0.1) is 19.7 Å². The van der Waals surface area contributed by atoms with Crippen LogP contribution in [0.4, 0.5) is 10.2 Å². The largest absolute Gasteiger partial charge is 0.309 e. The minimum absolute atomic E-state index is 0.0594. The van der Waals surface area contributed by atoms with Gasteiger partial charge in [0.2, 0.25) is 5.91 Å². The van der Waals surface area contributed by atoms with E-state index < -0.39 is 0 Å².